The van der Waals surface area contributed by atoms with Crippen LogP contribution in [0, 0.1) is 5.92 Å². The molecule has 0 unspecified atom stereocenters. The highest BCUT2D eigenvalue weighted by Gasteiger charge is 2.34. The van der Waals surface area contributed by atoms with Crippen LogP contribution in [0.4, 0.5) is 13.2 Å². The predicted molar refractivity (Wildman–Crippen MR) is 75.1 cm³/mol. The number of ether oxygens (including phenoxy) is 2. The van der Waals surface area contributed by atoms with Gasteiger partial charge in [0.05, 0.1) is 12.2 Å². The van der Waals surface area contributed by atoms with Gasteiger partial charge in [-0.05, 0) is 30.0 Å². The van der Waals surface area contributed by atoms with Gasteiger partial charge in [0, 0.05) is 13.2 Å². The van der Waals surface area contributed by atoms with Crippen LogP contribution in [-0.2, 0) is 17.5 Å². The summed E-state index contributed by atoms with van der Waals surface area (Å²) in [4.78, 5) is 0. The molecule has 1 aromatic carbocycles. The first-order chi connectivity index (χ1) is 9.84. The molecule has 6 heteroatoms. The van der Waals surface area contributed by atoms with Gasteiger partial charge in [-0.2, -0.15) is 13.2 Å². The molecule has 0 spiro atoms. The van der Waals surface area contributed by atoms with Gasteiger partial charge in [-0.1, -0.05) is 19.9 Å². The van der Waals surface area contributed by atoms with Gasteiger partial charge < -0.3 is 15.2 Å². The second-order valence-corrected chi connectivity index (χ2v) is 5.18. The van der Waals surface area contributed by atoms with Crippen molar-refractivity contribution in [2.75, 3.05) is 19.8 Å². The molecule has 0 fully saturated rings. The number of halogens is 3. The zero-order chi connectivity index (χ0) is 15.9. The summed E-state index contributed by atoms with van der Waals surface area (Å²) in [5, 5.41) is 0. The molecule has 0 aliphatic rings. The molecule has 0 amide bonds. The maximum absolute atomic E-state index is 12.9. The molecular weight excluding hydrogens is 283 g/mol. The van der Waals surface area contributed by atoms with Crippen molar-refractivity contribution >= 4 is 0 Å². The highest BCUT2D eigenvalue weighted by Crippen LogP contribution is 2.36. The van der Waals surface area contributed by atoms with Crippen LogP contribution in [0.3, 0.4) is 0 Å². The summed E-state index contributed by atoms with van der Waals surface area (Å²) < 4.78 is 49.3. The third-order valence-corrected chi connectivity index (χ3v) is 2.91. The minimum absolute atomic E-state index is 0.0572. The highest BCUT2D eigenvalue weighted by molar-refractivity contribution is 5.39. The number of benzene rings is 1. The Morgan fingerprint density at radius 2 is 1.86 bits per heavy atom. The van der Waals surface area contributed by atoms with Crippen LogP contribution in [0.2, 0.25) is 0 Å². The van der Waals surface area contributed by atoms with Crippen LogP contribution >= 0.6 is 0 Å². The highest BCUT2D eigenvalue weighted by atomic mass is 19.4. The maximum Gasteiger partial charge on any atom is 0.419 e. The number of hydrogen-bond donors (Lipinski definition) is 1. The fraction of sp³-hybridized carbons (Fsp3) is 0.600. The van der Waals surface area contributed by atoms with E-state index in [0.717, 1.165) is 12.5 Å². The van der Waals surface area contributed by atoms with Crippen molar-refractivity contribution in [3.8, 4) is 5.75 Å². The van der Waals surface area contributed by atoms with Gasteiger partial charge in [-0.25, -0.2) is 0 Å². The topological polar surface area (TPSA) is 44.5 Å². The van der Waals surface area contributed by atoms with E-state index < -0.39 is 11.7 Å². The van der Waals surface area contributed by atoms with Crippen LogP contribution in [0.1, 0.15) is 31.4 Å². The van der Waals surface area contributed by atoms with Crippen molar-refractivity contribution in [1.82, 2.24) is 0 Å². The molecule has 1 rings (SSSR count). The van der Waals surface area contributed by atoms with E-state index in [-0.39, 0.29) is 25.5 Å². The molecule has 0 radical (unpaired) electrons. The van der Waals surface area contributed by atoms with E-state index in [1.165, 1.54) is 12.1 Å². The van der Waals surface area contributed by atoms with Crippen molar-refractivity contribution in [2.45, 2.75) is 33.0 Å². The first kappa shape index (κ1) is 17.8. The Hall–Kier alpha value is -1.27. The summed E-state index contributed by atoms with van der Waals surface area (Å²) >= 11 is 0. The van der Waals surface area contributed by atoms with Gasteiger partial charge in [0.2, 0.25) is 0 Å². The fourth-order valence-electron chi connectivity index (χ4n) is 1.68. The number of nitrogens with two attached hydrogens (primary N) is 1. The van der Waals surface area contributed by atoms with Crippen LogP contribution in [-0.4, -0.2) is 19.8 Å². The van der Waals surface area contributed by atoms with Crippen LogP contribution < -0.4 is 10.5 Å². The monoisotopic (exact) mass is 305 g/mol. The van der Waals surface area contributed by atoms with Crippen LogP contribution in [0.5, 0.6) is 5.75 Å². The minimum atomic E-state index is -4.46. The first-order valence-corrected chi connectivity index (χ1v) is 6.95. The van der Waals surface area contributed by atoms with E-state index in [1.807, 2.05) is 0 Å². The second-order valence-electron chi connectivity index (χ2n) is 5.18. The van der Waals surface area contributed by atoms with Gasteiger partial charge in [0.15, 0.2) is 0 Å². The standard InChI is InChI=1S/C15H22F3NO2/c1-11(2)5-6-20-7-8-21-14-4-3-12(10-19)9-13(14)15(16,17)18/h3-4,9,11H,5-8,10,19H2,1-2H3. The Morgan fingerprint density at radius 3 is 2.43 bits per heavy atom. The molecule has 0 bridgehead atoms. The molecule has 3 nitrogen and oxygen atoms in total. The molecule has 0 atom stereocenters. The number of rotatable bonds is 8. The van der Waals surface area contributed by atoms with Crippen LogP contribution in [0.15, 0.2) is 18.2 Å². The van der Waals surface area contributed by atoms with E-state index in [9.17, 15) is 13.2 Å². The normalized spacial score (nSPS) is 12.0. The van der Waals surface area contributed by atoms with E-state index in [4.69, 9.17) is 15.2 Å². The van der Waals surface area contributed by atoms with Crippen molar-refractivity contribution in [3.05, 3.63) is 29.3 Å². The maximum atomic E-state index is 12.9. The molecule has 0 heterocycles. The molecule has 120 valence electrons. The largest absolute Gasteiger partial charge is 0.491 e. The summed E-state index contributed by atoms with van der Waals surface area (Å²) in [6.45, 7) is 5.15. The Bertz CT molecular complexity index is 433. The molecule has 21 heavy (non-hydrogen) atoms. The molecule has 0 saturated heterocycles. The van der Waals surface area contributed by atoms with Gasteiger partial charge in [-0.15, -0.1) is 0 Å². The molecule has 2 N–H and O–H groups in total. The van der Waals surface area contributed by atoms with Crippen LogP contribution in [0.25, 0.3) is 0 Å². The van der Waals surface area contributed by atoms with Gasteiger partial charge in [0.25, 0.3) is 0 Å². The Balaban J connectivity index is 2.54. The smallest absolute Gasteiger partial charge is 0.419 e. The van der Waals surface area contributed by atoms with Gasteiger partial charge in [-0.3, -0.25) is 0 Å². The molecule has 0 aliphatic carbocycles. The summed E-state index contributed by atoms with van der Waals surface area (Å²) in [6.07, 6.45) is -3.54. The molecular formula is C15H22F3NO2. The van der Waals surface area contributed by atoms with Crippen molar-refractivity contribution in [1.29, 1.82) is 0 Å². The lowest BCUT2D eigenvalue weighted by atomic mass is 10.1. The predicted octanol–water partition coefficient (Wildman–Crippen LogP) is 3.61. The second kappa shape index (κ2) is 8.24. The average molecular weight is 305 g/mol. The third-order valence-electron chi connectivity index (χ3n) is 2.91. The van der Waals surface area contributed by atoms with E-state index in [1.54, 1.807) is 0 Å². The fourth-order valence-corrected chi connectivity index (χ4v) is 1.68. The van der Waals surface area contributed by atoms with Crippen molar-refractivity contribution in [3.63, 3.8) is 0 Å². The molecule has 0 aromatic heterocycles. The van der Waals surface area contributed by atoms with Gasteiger partial charge in [0.1, 0.15) is 12.4 Å². The Kier molecular flexibility index (Phi) is 6.98. The van der Waals surface area contributed by atoms with E-state index in [2.05, 4.69) is 13.8 Å². The lowest BCUT2D eigenvalue weighted by Gasteiger charge is -2.15. The Morgan fingerprint density at radius 1 is 1.14 bits per heavy atom. The Labute approximate surface area is 123 Å². The number of alkyl halides is 3. The number of hydrogen-bond acceptors (Lipinski definition) is 3. The summed E-state index contributed by atoms with van der Waals surface area (Å²) in [5.74, 6) is 0.346. The zero-order valence-corrected chi connectivity index (χ0v) is 12.4. The van der Waals surface area contributed by atoms with E-state index in [0.29, 0.717) is 18.1 Å². The SMILES string of the molecule is CC(C)CCOCCOc1ccc(CN)cc1C(F)(F)F. The van der Waals surface area contributed by atoms with Crippen molar-refractivity contribution in [2.24, 2.45) is 11.7 Å². The summed E-state index contributed by atoms with van der Waals surface area (Å²) in [6, 6.07) is 3.86. The summed E-state index contributed by atoms with van der Waals surface area (Å²) in [5.41, 5.74) is 4.98. The molecule has 0 saturated carbocycles. The van der Waals surface area contributed by atoms with E-state index >= 15 is 0 Å². The quantitative estimate of drug-likeness (QED) is 0.746. The van der Waals surface area contributed by atoms with Gasteiger partial charge >= 0.3 is 6.18 Å². The third kappa shape index (κ3) is 6.35. The minimum Gasteiger partial charge on any atom is -0.491 e. The average Bonchev–Trinajstić information content (AvgIpc) is 2.41. The zero-order valence-electron chi connectivity index (χ0n) is 12.4. The summed E-state index contributed by atoms with van der Waals surface area (Å²) in [7, 11) is 0. The first-order valence-electron chi connectivity index (χ1n) is 6.95. The molecule has 0 aliphatic heterocycles. The lowest BCUT2D eigenvalue weighted by molar-refractivity contribution is -0.139. The van der Waals surface area contributed by atoms with Crippen molar-refractivity contribution < 1.29 is 22.6 Å². The molecule has 1 aromatic rings. The lowest BCUT2D eigenvalue weighted by Crippen LogP contribution is -2.13.